The molecule has 0 amide bonds. The Kier molecular flexibility index (Phi) is 65.5. The summed E-state index contributed by atoms with van der Waals surface area (Å²) in [6, 6.07) is 0. The molecule has 0 heterocycles. The Hall–Kier alpha value is -1.94. The summed E-state index contributed by atoms with van der Waals surface area (Å²) in [6.07, 6.45) is 54.0. The van der Waals surface area contributed by atoms with Crippen molar-refractivity contribution in [3.8, 4) is 0 Å². The van der Waals surface area contributed by atoms with Crippen LogP contribution < -0.4 is 0 Å². The maximum Gasteiger partial charge on any atom is 0.472 e. The standard InChI is InChI=1S/C75H146O17P2/c1-7-9-11-13-15-17-33-39-45-51-57-72(77)85-63-70(91-74(79)59-53-47-41-34-18-16-14-12-10-8-2)65-89-93(81,82)87-61-69(76)62-88-94(83,84)90-66-71(92-75(80)60-54-48-42-36-30-26-22-20-24-28-32-38-44-50-56-68(5)6)64-86-73(78)58-52-46-40-35-29-25-21-19-23-27-31-37-43-49-55-67(3)4/h67-71,76H,7-66H2,1-6H3,(H,81,82)(H,83,84)/t69-,70+,71+/m0/s1. The number of carbonyl (C=O) groups excluding carboxylic acids is 4. The van der Waals surface area contributed by atoms with Crippen molar-refractivity contribution in [3.63, 3.8) is 0 Å². The van der Waals surface area contributed by atoms with Crippen molar-refractivity contribution in [2.45, 2.75) is 407 Å². The molecule has 94 heavy (non-hydrogen) atoms. The summed E-state index contributed by atoms with van der Waals surface area (Å²) in [5.74, 6) is -0.522. The van der Waals surface area contributed by atoms with Crippen LogP contribution in [0.15, 0.2) is 0 Å². The molecule has 0 aromatic heterocycles. The number of unbranched alkanes of at least 4 members (excludes halogenated alkanes) is 44. The van der Waals surface area contributed by atoms with E-state index in [9.17, 15) is 43.2 Å². The molecule has 0 radical (unpaired) electrons. The molecule has 2 unspecified atom stereocenters. The molecule has 0 aliphatic rings. The summed E-state index contributed by atoms with van der Waals surface area (Å²) in [5, 5.41) is 10.6. The molecule has 0 bridgehead atoms. The van der Waals surface area contributed by atoms with E-state index in [0.29, 0.717) is 25.7 Å². The number of rotatable bonds is 74. The Morgan fingerprint density at radius 2 is 0.489 bits per heavy atom. The van der Waals surface area contributed by atoms with Gasteiger partial charge in [0.05, 0.1) is 26.4 Å². The maximum atomic E-state index is 13.1. The molecular formula is C75H146O17P2. The number of phosphoric ester groups is 2. The number of aliphatic hydroxyl groups excluding tert-OH is 1. The van der Waals surface area contributed by atoms with Gasteiger partial charge in [0.15, 0.2) is 12.2 Å². The van der Waals surface area contributed by atoms with E-state index in [1.807, 2.05) is 0 Å². The molecule has 0 aromatic carbocycles. The third-order valence-electron chi connectivity index (χ3n) is 17.5. The second-order valence-electron chi connectivity index (χ2n) is 28.0. The number of ether oxygens (including phenoxy) is 4. The van der Waals surface area contributed by atoms with Crippen LogP contribution in [-0.4, -0.2) is 96.7 Å². The number of hydrogen-bond acceptors (Lipinski definition) is 15. The first-order valence-electron chi connectivity index (χ1n) is 39.0. The predicted molar refractivity (Wildman–Crippen MR) is 381 cm³/mol. The van der Waals surface area contributed by atoms with E-state index in [-0.39, 0.29) is 25.7 Å². The molecule has 0 aliphatic heterocycles. The zero-order chi connectivity index (χ0) is 69.3. The molecule has 558 valence electrons. The van der Waals surface area contributed by atoms with E-state index in [0.717, 1.165) is 102 Å². The molecule has 0 rings (SSSR count). The second-order valence-corrected chi connectivity index (χ2v) is 30.9. The molecule has 0 aliphatic carbocycles. The summed E-state index contributed by atoms with van der Waals surface area (Å²) in [7, 11) is -9.91. The third-order valence-corrected chi connectivity index (χ3v) is 19.4. The van der Waals surface area contributed by atoms with Gasteiger partial charge in [0.25, 0.3) is 0 Å². The summed E-state index contributed by atoms with van der Waals surface area (Å²) < 4.78 is 68.4. The highest BCUT2D eigenvalue weighted by molar-refractivity contribution is 7.47. The monoisotopic (exact) mass is 1380 g/mol. The van der Waals surface area contributed by atoms with Gasteiger partial charge in [0, 0.05) is 25.7 Å². The van der Waals surface area contributed by atoms with Gasteiger partial charge in [-0.3, -0.25) is 37.3 Å². The first-order valence-corrected chi connectivity index (χ1v) is 42.0. The number of phosphoric acid groups is 2. The second kappa shape index (κ2) is 66.9. The van der Waals surface area contributed by atoms with E-state index in [1.54, 1.807) is 0 Å². The smallest absolute Gasteiger partial charge is 0.462 e. The van der Waals surface area contributed by atoms with Gasteiger partial charge >= 0.3 is 39.5 Å². The Labute approximate surface area is 575 Å². The third kappa shape index (κ3) is 68.6. The number of hydrogen-bond donors (Lipinski definition) is 3. The predicted octanol–water partition coefficient (Wildman–Crippen LogP) is 21.9. The molecule has 0 saturated carbocycles. The average Bonchev–Trinajstić information content (AvgIpc) is 3.16. The Morgan fingerprint density at radius 1 is 0.287 bits per heavy atom. The van der Waals surface area contributed by atoms with Crippen molar-refractivity contribution >= 4 is 39.5 Å². The Bertz CT molecular complexity index is 1820. The molecule has 17 nitrogen and oxygen atoms in total. The zero-order valence-corrected chi connectivity index (χ0v) is 63.1. The van der Waals surface area contributed by atoms with Crippen LogP contribution in [0.1, 0.15) is 388 Å². The molecular weight excluding hydrogens is 1230 g/mol. The molecule has 0 fully saturated rings. The van der Waals surface area contributed by atoms with Crippen LogP contribution in [0.2, 0.25) is 0 Å². The minimum atomic E-state index is -4.96. The minimum Gasteiger partial charge on any atom is -0.462 e. The van der Waals surface area contributed by atoms with Crippen molar-refractivity contribution in [3.05, 3.63) is 0 Å². The van der Waals surface area contributed by atoms with E-state index in [1.165, 1.54) is 205 Å². The van der Waals surface area contributed by atoms with Gasteiger partial charge < -0.3 is 33.8 Å². The highest BCUT2D eigenvalue weighted by Gasteiger charge is 2.30. The summed E-state index contributed by atoms with van der Waals surface area (Å²) in [6.45, 7) is 9.62. The lowest BCUT2D eigenvalue weighted by Crippen LogP contribution is -2.30. The van der Waals surface area contributed by atoms with Crippen LogP contribution in [-0.2, 0) is 65.4 Å². The van der Waals surface area contributed by atoms with Crippen LogP contribution in [0.25, 0.3) is 0 Å². The van der Waals surface area contributed by atoms with Crippen LogP contribution in [0.4, 0.5) is 0 Å². The van der Waals surface area contributed by atoms with E-state index in [2.05, 4.69) is 41.5 Å². The molecule has 19 heteroatoms. The van der Waals surface area contributed by atoms with Crippen LogP contribution >= 0.6 is 15.6 Å². The van der Waals surface area contributed by atoms with Gasteiger partial charge in [-0.25, -0.2) is 9.13 Å². The summed E-state index contributed by atoms with van der Waals surface area (Å²) in [5.41, 5.74) is 0. The van der Waals surface area contributed by atoms with E-state index < -0.39 is 97.5 Å². The van der Waals surface area contributed by atoms with Crippen LogP contribution in [0.5, 0.6) is 0 Å². The quantitative estimate of drug-likeness (QED) is 0.0222. The molecule has 5 atom stereocenters. The SMILES string of the molecule is CCCCCCCCCCCCC(=O)OC[C@H](COP(=O)(O)OC[C@H](O)COP(=O)(O)OC[C@@H](COC(=O)CCCCCCCCCCCCCCCCC(C)C)OC(=O)CCCCCCCCCCCCCCCCC(C)C)OC(=O)CCCCCCCCCCCC. The lowest BCUT2D eigenvalue weighted by molar-refractivity contribution is -0.161. The van der Waals surface area contributed by atoms with Crippen molar-refractivity contribution in [2.75, 3.05) is 39.6 Å². The fraction of sp³-hybridized carbons (Fsp3) is 0.947. The van der Waals surface area contributed by atoms with Gasteiger partial charge in [-0.2, -0.15) is 0 Å². The van der Waals surface area contributed by atoms with Crippen molar-refractivity contribution in [1.82, 2.24) is 0 Å². The zero-order valence-electron chi connectivity index (χ0n) is 61.3. The first-order chi connectivity index (χ1) is 45.4. The molecule has 3 N–H and O–H groups in total. The maximum absolute atomic E-state index is 13.1. The van der Waals surface area contributed by atoms with Gasteiger partial charge in [0.1, 0.15) is 19.3 Å². The van der Waals surface area contributed by atoms with Crippen molar-refractivity contribution < 1.29 is 80.2 Å². The lowest BCUT2D eigenvalue weighted by atomic mass is 10.0. The van der Waals surface area contributed by atoms with Crippen molar-refractivity contribution in [2.24, 2.45) is 11.8 Å². The van der Waals surface area contributed by atoms with Gasteiger partial charge in [-0.1, -0.05) is 337 Å². The highest BCUT2D eigenvalue weighted by Crippen LogP contribution is 2.45. The number of carbonyl (C=O) groups is 4. The fourth-order valence-electron chi connectivity index (χ4n) is 11.5. The average molecular weight is 1380 g/mol. The minimum absolute atomic E-state index is 0.107. The highest BCUT2D eigenvalue weighted by atomic mass is 31.2. The van der Waals surface area contributed by atoms with Gasteiger partial charge in [-0.05, 0) is 37.5 Å². The summed E-state index contributed by atoms with van der Waals surface area (Å²) in [4.78, 5) is 72.7. The Morgan fingerprint density at radius 3 is 0.723 bits per heavy atom. The van der Waals surface area contributed by atoms with Crippen LogP contribution in [0, 0.1) is 11.8 Å². The largest absolute Gasteiger partial charge is 0.472 e. The topological polar surface area (TPSA) is 237 Å². The molecule has 0 spiro atoms. The molecule has 0 aromatic rings. The lowest BCUT2D eigenvalue weighted by Gasteiger charge is -2.21. The first kappa shape index (κ1) is 92.1. The fourth-order valence-corrected chi connectivity index (χ4v) is 13.1. The van der Waals surface area contributed by atoms with Gasteiger partial charge in [-0.15, -0.1) is 0 Å². The van der Waals surface area contributed by atoms with E-state index in [4.69, 9.17) is 37.0 Å². The normalized spacial score (nSPS) is 14.0. The Balaban J connectivity index is 5.22. The molecule has 0 saturated heterocycles. The van der Waals surface area contributed by atoms with Crippen LogP contribution in [0.3, 0.4) is 0 Å². The van der Waals surface area contributed by atoms with E-state index >= 15 is 0 Å². The number of esters is 4. The van der Waals surface area contributed by atoms with Gasteiger partial charge in [0.2, 0.25) is 0 Å². The number of aliphatic hydroxyl groups is 1. The van der Waals surface area contributed by atoms with Crippen molar-refractivity contribution in [1.29, 1.82) is 0 Å². The summed E-state index contributed by atoms with van der Waals surface area (Å²) >= 11 is 0.